The highest BCUT2D eigenvalue weighted by atomic mass is 16.3. The maximum atomic E-state index is 13.5. The lowest BCUT2D eigenvalue weighted by atomic mass is 9.62. The number of allylic oxidation sites excluding steroid dienone is 4. The van der Waals surface area contributed by atoms with Crippen LogP contribution in [0.3, 0.4) is 0 Å². The van der Waals surface area contributed by atoms with Gasteiger partial charge in [0.1, 0.15) is 11.3 Å². The maximum absolute atomic E-state index is 13.5. The van der Waals surface area contributed by atoms with Crippen molar-refractivity contribution in [2.75, 3.05) is 0 Å². The van der Waals surface area contributed by atoms with Crippen LogP contribution in [0.2, 0.25) is 0 Å². The number of hydrogen-bond donors (Lipinski definition) is 2. The minimum Gasteiger partial charge on any atom is -0.510 e. The summed E-state index contributed by atoms with van der Waals surface area (Å²) in [6, 6.07) is 0. The lowest BCUT2D eigenvalue weighted by molar-refractivity contribution is -0.147. The molecule has 0 aromatic rings. The fourth-order valence-electron chi connectivity index (χ4n) is 4.64. The van der Waals surface area contributed by atoms with Crippen LogP contribution in [0.5, 0.6) is 0 Å². The number of Topliss-reactive ketones (excluding diaryl/α,β-unsaturated/α-hetero) is 3. The third-order valence-electron chi connectivity index (χ3n) is 6.56. The third-order valence-corrected chi connectivity index (χ3v) is 6.56. The van der Waals surface area contributed by atoms with E-state index in [-0.39, 0.29) is 24.2 Å². The summed E-state index contributed by atoms with van der Waals surface area (Å²) in [5, 5.41) is 21.8. The van der Waals surface area contributed by atoms with Crippen LogP contribution in [0.1, 0.15) is 67.7 Å². The molecule has 1 unspecified atom stereocenters. The van der Waals surface area contributed by atoms with Gasteiger partial charge in [0.2, 0.25) is 0 Å². The number of carbonyl (C=O) groups excluding carboxylic acids is 3. The first kappa shape index (κ1) is 21.5. The van der Waals surface area contributed by atoms with Gasteiger partial charge < -0.3 is 10.2 Å². The van der Waals surface area contributed by atoms with E-state index < -0.39 is 45.6 Å². The molecule has 0 spiro atoms. The Morgan fingerprint density at radius 2 is 1.89 bits per heavy atom. The van der Waals surface area contributed by atoms with Crippen molar-refractivity contribution >= 4 is 17.3 Å². The van der Waals surface area contributed by atoms with Crippen molar-refractivity contribution in [3.8, 4) is 0 Å². The molecule has 2 aliphatic carbocycles. The Bertz CT molecular complexity index is 747. The highest BCUT2D eigenvalue weighted by molar-refractivity contribution is 6.32. The number of rotatable bonds is 6. The standard InChI is InChI=1S/C22H32O5/c1-8-13(4)16(23)15-17(24)21(7)14(20(5,6)27)11-22(18(15)25,19(21)26)10-9-12(2)3/h9,13-14,25,27H,8,10-11H2,1-7H3/t13?,14-,21+,22-/m1/s1. The van der Waals surface area contributed by atoms with Crippen LogP contribution in [-0.2, 0) is 14.4 Å². The average molecular weight is 376 g/mol. The van der Waals surface area contributed by atoms with Gasteiger partial charge in [0.15, 0.2) is 17.3 Å². The smallest absolute Gasteiger partial charge is 0.183 e. The van der Waals surface area contributed by atoms with Gasteiger partial charge in [0.25, 0.3) is 0 Å². The maximum Gasteiger partial charge on any atom is 0.183 e. The van der Waals surface area contributed by atoms with E-state index >= 15 is 0 Å². The average Bonchev–Trinajstić information content (AvgIpc) is 2.77. The second-order valence-corrected chi connectivity index (χ2v) is 9.24. The number of fused-ring (bicyclic) bond motifs is 2. The lowest BCUT2D eigenvalue weighted by Crippen LogP contribution is -2.52. The molecule has 5 heteroatoms. The number of aliphatic hydroxyl groups excluding tert-OH is 1. The van der Waals surface area contributed by atoms with Crippen molar-refractivity contribution in [3.63, 3.8) is 0 Å². The van der Waals surface area contributed by atoms with Crippen molar-refractivity contribution in [1.29, 1.82) is 0 Å². The first-order valence-corrected chi connectivity index (χ1v) is 9.68. The summed E-state index contributed by atoms with van der Waals surface area (Å²) >= 11 is 0. The molecule has 0 saturated heterocycles. The summed E-state index contributed by atoms with van der Waals surface area (Å²) in [5.74, 6) is -2.96. The van der Waals surface area contributed by atoms with E-state index in [0.717, 1.165) is 5.57 Å². The molecular weight excluding hydrogens is 344 g/mol. The van der Waals surface area contributed by atoms with E-state index in [4.69, 9.17) is 0 Å². The monoisotopic (exact) mass is 376 g/mol. The number of carbonyl (C=O) groups is 3. The summed E-state index contributed by atoms with van der Waals surface area (Å²) in [6.45, 7) is 12.0. The predicted molar refractivity (Wildman–Crippen MR) is 103 cm³/mol. The van der Waals surface area contributed by atoms with Crippen LogP contribution in [0.15, 0.2) is 23.0 Å². The van der Waals surface area contributed by atoms with Gasteiger partial charge in [-0.05, 0) is 53.9 Å². The normalized spacial score (nSPS) is 31.9. The molecule has 2 bridgehead atoms. The topological polar surface area (TPSA) is 91.7 Å². The summed E-state index contributed by atoms with van der Waals surface area (Å²) in [4.78, 5) is 39.7. The van der Waals surface area contributed by atoms with Crippen molar-refractivity contribution in [2.45, 2.75) is 73.3 Å². The minimum absolute atomic E-state index is 0.143. The van der Waals surface area contributed by atoms with E-state index in [1.807, 2.05) is 26.8 Å². The van der Waals surface area contributed by atoms with Crippen LogP contribution in [-0.4, -0.2) is 33.2 Å². The van der Waals surface area contributed by atoms with Gasteiger partial charge in [-0.3, -0.25) is 14.4 Å². The number of ketones is 3. The predicted octanol–water partition coefficient (Wildman–Crippen LogP) is 3.71. The Morgan fingerprint density at radius 1 is 1.33 bits per heavy atom. The second kappa shape index (κ2) is 6.69. The summed E-state index contributed by atoms with van der Waals surface area (Å²) in [7, 11) is 0. The summed E-state index contributed by atoms with van der Waals surface area (Å²) in [5.41, 5.74) is -3.41. The molecule has 27 heavy (non-hydrogen) atoms. The van der Waals surface area contributed by atoms with Crippen LogP contribution < -0.4 is 0 Å². The molecule has 0 aromatic heterocycles. The van der Waals surface area contributed by atoms with Crippen molar-refractivity contribution in [2.24, 2.45) is 22.7 Å². The molecule has 2 N–H and O–H groups in total. The third kappa shape index (κ3) is 3.00. The number of aliphatic hydroxyl groups is 2. The van der Waals surface area contributed by atoms with E-state index in [1.165, 1.54) is 6.92 Å². The Hall–Kier alpha value is -1.75. The van der Waals surface area contributed by atoms with Crippen LogP contribution >= 0.6 is 0 Å². The Balaban J connectivity index is 2.79. The van der Waals surface area contributed by atoms with E-state index in [2.05, 4.69) is 0 Å². The van der Waals surface area contributed by atoms with Crippen molar-refractivity contribution < 1.29 is 24.6 Å². The quantitative estimate of drug-likeness (QED) is 0.419. The Labute approximate surface area is 161 Å². The molecule has 0 radical (unpaired) electrons. The molecule has 0 aromatic carbocycles. The van der Waals surface area contributed by atoms with Gasteiger partial charge in [0, 0.05) is 11.8 Å². The minimum atomic E-state index is -1.52. The second-order valence-electron chi connectivity index (χ2n) is 9.24. The molecule has 4 atom stereocenters. The van der Waals surface area contributed by atoms with Crippen LogP contribution in [0.4, 0.5) is 0 Å². The molecule has 1 saturated carbocycles. The van der Waals surface area contributed by atoms with E-state index in [0.29, 0.717) is 6.42 Å². The first-order chi connectivity index (χ1) is 12.2. The fraction of sp³-hybridized carbons (Fsp3) is 0.682. The largest absolute Gasteiger partial charge is 0.510 e. The van der Waals surface area contributed by atoms with Gasteiger partial charge >= 0.3 is 0 Å². The van der Waals surface area contributed by atoms with Gasteiger partial charge in [0.05, 0.1) is 16.4 Å². The van der Waals surface area contributed by atoms with Gasteiger partial charge in [-0.25, -0.2) is 0 Å². The molecule has 2 aliphatic rings. The van der Waals surface area contributed by atoms with Gasteiger partial charge in [-0.1, -0.05) is 25.5 Å². The molecular formula is C22H32O5. The van der Waals surface area contributed by atoms with Gasteiger partial charge in [-0.2, -0.15) is 0 Å². The summed E-state index contributed by atoms with van der Waals surface area (Å²) in [6.07, 6.45) is 2.74. The van der Waals surface area contributed by atoms with Gasteiger partial charge in [-0.15, -0.1) is 0 Å². The fourth-order valence-corrected chi connectivity index (χ4v) is 4.64. The van der Waals surface area contributed by atoms with E-state index in [1.54, 1.807) is 20.8 Å². The Morgan fingerprint density at radius 3 is 2.33 bits per heavy atom. The first-order valence-electron chi connectivity index (χ1n) is 9.68. The molecule has 2 rings (SSSR count). The zero-order valence-corrected chi connectivity index (χ0v) is 17.5. The molecule has 1 fully saturated rings. The summed E-state index contributed by atoms with van der Waals surface area (Å²) < 4.78 is 0. The number of hydrogen-bond acceptors (Lipinski definition) is 5. The molecule has 5 nitrogen and oxygen atoms in total. The highest BCUT2D eigenvalue weighted by Gasteiger charge is 2.71. The lowest BCUT2D eigenvalue weighted by Gasteiger charge is -2.38. The molecule has 0 aliphatic heterocycles. The molecule has 150 valence electrons. The van der Waals surface area contributed by atoms with Crippen molar-refractivity contribution in [3.05, 3.63) is 23.0 Å². The SMILES string of the molecule is CCC(C)C(=O)C1=C(O)[C@@]2(CC=C(C)C)C[C@H](C(C)(C)O)[C@@](C)(C1=O)C2=O. The van der Waals surface area contributed by atoms with E-state index in [9.17, 15) is 24.6 Å². The Kier molecular flexibility index (Phi) is 5.34. The molecule has 0 amide bonds. The molecule has 0 heterocycles. The zero-order chi connectivity index (χ0) is 20.9. The highest BCUT2D eigenvalue weighted by Crippen LogP contribution is 2.62. The van der Waals surface area contributed by atoms with Crippen molar-refractivity contribution in [1.82, 2.24) is 0 Å². The van der Waals surface area contributed by atoms with Crippen LogP contribution in [0.25, 0.3) is 0 Å². The zero-order valence-electron chi connectivity index (χ0n) is 17.5. The van der Waals surface area contributed by atoms with Crippen LogP contribution in [0, 0.1) is 22.7 Å².